The summed E-state index contributed by atoms with van der Waals surface area (Å²) in [7, 11) is 0. The van der Waals surface area contributed by atoms with Crippen molar-refractivity contribution in [3.8, 4) is 11.1 Å². The Morgan fingerprint density at radius 1 is 1.31 bits per heavy atom. The van der Waals surface area contributed by atoms with Crippen LogP contribution >= 0.6 is 0 Å². The third kappa shape index (κ3) is 2.41. The molecule has 87 valence electrons. The minimum atomic E-state index is 0. The van der Waals surface area contributed by atoms with Crippen molar-refractivity contribution in [3.05, 3.63) is 41.3 Å². The molecule has 0 saturated heterocycles. The van der Waals surface area contributed by atoms with E-state index in [1.54, 1.807) is 0 Å². The number of rotatable bonds is 2. The first kappa shape index (κ1) is 13.1. The van der Waals surface area contributed by atoms with E-state index in [0.717, 1.165) is 23.3 Å². The Hall–Kier alpha value is -0.947. The number of aryl methyl sites for hydroxylation is 3. The minimum Gasteiger partial charge on any atom is -0.435 e. The van der Waals surface area contributed by atoms with E-state index in [4.69, 9.17) is 4.52 Å². The Labute approximate surface area is 109 Å². The molecule has 0 aliphatic heterocycles. The SMILES string of the molecule is CCc1cc(-c2[c-]noc2C)ccc1C.[Rh]. The summed E-state index contributed by atoms with van der Waals surface area (Å²) >= 11 is 0. The molecule has 0 aliphatic rings. The van der Waals surface area contributed by atoms with Crippen LogP contribution in [0, 0.1) is 20.0 Å². The first-order chi connectivity index (χ1) is 7.22. The van der Waals surface area contributed by atoms with Crippen LogP contribution in [-0.2, 0) is 25.9 Å². The molecular formula is C13H14NORh-. The molecule has 2 aromatic rings. The average molecular weight is 303 g/mol. The summed E-state index contributed by atoms with van der Waals surface area (Å²) in [5.41, 5.74) is 4.79. The second-order valence-corrected chi connectivity index (χ2v) is 3.72. The van der Waals surface area contributed by atoms with E-state index in [2.05, 4.69) is 43.4 Å². The van der Waals surface area contributed by atoms with E-state index in [9.17, 15) is 0 Å². The molecular weight excluding hydrogens is 289 g/mol. The van der Waals surface area contributed by atoms with E-state index >= 15 is 0 Å². The summed E-state index contributed by atoms with van der Waals surface area (Å²) in [6, 6.07) is 6.41. The molecule has 0 saturated carbocycles. The van der Waals surface area contributed by atoms with Gasteiger partial charge in [-0.2, -0.15) is 5.16 Å². The molecule has 0 N–H and O–H groups in total. The molecule has 1 heterocycles. The number of hydrogen-bond acceptors (Lipinski definition) is 2. The molecule has 0 amide bonds. The standard InChI is InChI=1S/C13H14NO.Rh/c1-4-11-7-12(6-5-9(11)2)13-8-14-15-10(13)3;/h5-7H,4H2,1-3H3;/q-1;. The molecule has 0 spiro atoms. The van der Waals surface area contributed by atoms with Crippen LogP contribution in [0.3, 0.4) is 0 Å². The van der Waals surface area contributed by atoms with Gasteiger partial charge in [0.15, 0.2) is 0 Å². The summed E-state index contributed by atoms with van der Waals surface area (Å²) in [5, 5.41) is 3.68. The van der Waals surface area contributed by atoms with Crippen molar-refractivity contribution >= 4 is 0 Å². The summed E-state index contributed by atoms with van der Waals surface area (Å²) in [6.45, 7) is 6.20. The van der Waals surface area contributed by atoms with E-state index in [0.29, 0.717) is 0 Å². The first-order valence-corrected chi connectivity index (χ1v) is 5.16. The molecule has 1 aromatic carbocycles. The summed E-state index contributed by atoms with van der Waals surface area (Å²) in [6.07, 6.45) is 3.92. The Morgan fingerprint density at radius 3 is 2.62 bits per heavy atom. The predicted molar refractivity (Wildman–Crippen MR) is 59.6 cm³/mol. The van der Waals surface area contributed by atoms with Crippen molar-refractivity contribution in [2.24, 2.45) is 0 Å². The monoisotopic (exact) mass is 303 g/mol. The van der Waals surface area contributed by atoms with E-state index in [1.807, 2.05) is 6.92 Å². The van der Waals surface area contributed by atoms with Gasteiger partial charge in [-0.1, -0.05) is 25.5 Å². The topological polar surface area (TPSA) is 26.0 Å². The van der Waals surface area contributed by atoms with Gasteiger partial charge in [0.25, 0.3) is 0 Å². The fraction of sp³-hybridized carbons (Fsp3) is 0.308. The largest absolute Gasteiger partial charge is 0.435 e. The minimum absolute atomic E-state index is 0. The van der Waals surface area contributed by atoms with Crippen LogP contribution in [0.15, 0.2) is 22.7 Å². The quantitative estimate of drug-likeness (QED) is 0.628. The van der Waals surface area contributed by atoms with Crippen LogP contribution in [0.4, 0.5) is 0 Å². The molecule has 0 unspecified atom stereocenters. The van der Waals surface area contributed by atoms with E-state index < -0.39 is 0 Å². The smallest absolute Gasteiger partial charge is 0.0284 e. The van der Waals surface area contributed by atoms with Crippen molar-refractivity contribution in [3.63, 3.8) is 0 Å². The Morgan fingerprint density at radius 2 is 2.06 bits per heavy atom. The summed E-state index contributed by atoms with van der Waals surface area (Å²) < 4.78 is 5.02. The molecule has 3 heteroatoms. The van der Waals surface area contributed by atoms with Gasteiger partial charge in [0.2, 0.25) is 0 Å². The summed E-state index contributed by atoms with van der Waals surface area (Å²) in [5.74, 6) is 0.820. The van der Waals surface area contributed by atoms with Crippen LogP contribution in [0.2, 0.25) is 0 Å². The number of aromatic nitrogens is 1. The zero-order valence-corrected chi connectivity index (χ0v) is 11.3. The zero-order chi connectivity index (χ0) is 10.8. The molecule has 1 radical (unpaired) electrons. The molecule has 16 heavy (non-hydrogen) atoms. The maximum absolute atomic E-state index is 5.02. The Bertz CT molecular complexity index is 477. The van der Waals surface area contributed by atoms with Gasteiger partial charge in [-0.15, -0.1) is 23.3 Å². The van der Waals surface area contributed by atoms with Crippen LogP contribution in [0.1, 0.15) is 23.8 Å². The van der Waals surface area contributed by atoms with Gasteiger partial charge in [0.05, 0.1) is 0 Å². The fourth-order valence-corrected chi connectivity index (χ4v) is 1.74. The predicted octanol–water partition coefficient (Wildman–Crippen LogP) is 3.32. The molecule has 0 aliphatic carbocycles. The maximum atomic E-state index is 5.02. The van der Waals surface area contributed by atoms with Gasteiger partial charge >= 0.3 is 0 Å². The van der Waals surface area contributed by atoms with Crippen LogP contribution < -0.4 is 0 Å². The van der Waals surface area contributed by atoms with Crippen LogP contribution in [0.25, 0.3) is 11.1 Å². The third-order valence-electron chi connectivity index (χ3n) is 2.71. The molecule has 1 aromatic heterocycles. The molecule has 0 bridgehead atoms. The Balaban J connectivity index is 0.00000128. The molecule has 2 nitrogen and oxygen atoms in total. The average Bonchev–Trinajstić information content (AvgIpc) is 2.65. The maximum Gasteiger partial charge on any atom is 0.0284 e. The van der Waals surface area contributed by atoms with Crippen molar-refractivity contribution in [1.29, 1.82) is 0 Å². The van der Waals surface area contributed by atoms with E-state index in [1.165, 1.54) is 11.1 Å². The van der Waals surface area contributed by atoms with Crippen molar-refractivity contribution < 1.29 is 24.0 Å². The van der Waals surface area contributed by atoms with Gasteiger partial charge in [-0.25, -0.2) is 0 Å². The van der Waals surface area contributed by atoms with Gasteiger partial charge in [0.1, 0.15) is 0 Å². The summed E-state index contributed by atoms with van der Waals surface area (Å²) in [4.78, 5) is 0. The normalized spacial score (nSPS) is 9.94. The van der Waals surface area contributed by atoms with Crippen LogP contribution in [0.5, 0.6) is 0 Å². The van der Waals surface area contributed by atoms with E-state index in [-0.39, 0.29) is 19.5 Å². The molecule has 2 rings (SSSR count). The third-order valence-corrected chi connectivity index (χ3v) is 2.71. The Kier molecular flexibility index (Phi) is 4.43. The first-order valence-electron chi connectivity index (χ1n) is 5.16. The van der Waals surface area contributed by atoms with Gasteiger partial charge in [-0.3, -0.25) is 0 Å². The number of benzene rings is 1. The number of nitrogens with zero attached hydrogens (tertiary/aromatic N) is 1. The van der Waals surface area contributed by atoms with Crippen molar-refractivity contribution in [2.45, 2.75) is 27.2 Å². The van der Waals surface area contributed by atoms with Crippen molar-refractivity contribution in [1.82, 2.24) is 5.16 Å². The van der Waals surface area contributed by atoms with Gasteiger partial charge < -0.3 is 4.52 Å². The van der Waals surface area contributed by atoms with Crippen molar-refractivity contribution in [2.75, 3.05) is 0 Å². The zero-order valence-electron chi connectivity index (χ0n) is 9.63. The van der Waals surface area contributed by atoms with Gasteiger partial charge in [-0.05, 0) is 25.1 Å². The molecule has 0 atom stereocenters. The second kappa shape index (κ2) is 5.40. The van der Waals surface area contributed by atoms with Gasteiger partial charge in [0, 0.05) is 25.2 Å². The number of hydrogen-bond donors (Lipinski definition) is 0. The fourth-order valence-electron chi connectivity index (χ4n) is 1.74. The van der Waals surface area contributed by atoms with Crippen LogP contribution in [-0.4, -0.2) is 5.16 Å². The molecule has 0 fully saturated rings. The second-order valence-electron chi connectivity index (χ2n) is 3.72.